The lowest BCUT2D eigenvalue weighted by Gasteiger charge is -2.12. The van der Waals surface area contributed by atoms with Crippen molar-refractivity contribution in [3.05, 3.63) is 35.9 Å². The van der Waals surface area contributed by atoms with Gasteiger partial charge in [0.1, 0.15) is 0 Å². The first-order valence-corrected chi connectivity index (χ1v) is 8.30. The van der Waals surface area contributed by atoms with E-state index in [1.54, 1.807) is 0 Å². The van der Waals surface area contributed by atoms with E-state index in [-0.39, 0.29) is 0 Å². The molecule has 2 rings (SSSR count). The van der Waals surface area contributed by atoms with Crippen molar-refractivity contribution >= 4 is 5.96 Å². The van der Waals surface area contributed by atoms with Gasteiger partial charge in [0, 0.05) is 38.8 Å². The van der Waals surface area contributed by atoms with Gasteiger partial charge in [0.05, 0.1) is 0 Å². The van der Waals surface area contributed by atoms with Gasteiger partial charge in [-0.25, -0.2) is 0 Å². The third-order valence-corrected chi connectivity index (χ3v) is 3.77. The number of benzene rings is 1. The Kier molecular flexibility index (Phi) is 6.72. The van der Waals surface area contributed by atoms with E-state index in [4.69, 9.17) is 4.74 Å². The van der Waals surface area contributed by atoms with Crippen molar-refractivity contribution in [3.63, 3.8) is 0 Å². The summed E-state index contributed by atoms with van der Waals surface area (Å²) in [6.07, 6.45) is 2.18. The summed E-state index contributed by atoms with van der Waals surface area (Å²) in [5, 5.41) is 6.86. The summed E-state index contributed by atoms with van der Waals surface area (Å²) < 4.78 is 5.58. The molecule has 22 heavy (non-hydrogen) atoms. The van der Waals surface area contributed by atoms with Crippen molar-refractivity contribution in [3.8, 4) is 0 Å². The molecule has 0 heterocycles. The third-order valence-electron chi connectivity index (χ3n) is 3.77. The van der Waals surface area contributed by atoms with Crippen LogP contribution >= 0.6 is 0 Å². The van der Waals surface area contributed by atoms with Crippen LogP contribution in [0.1, 0.15) is 38.2 Å². The van der Waals surface area contributed by atoms with Crippen LogP contribution in [0, 0.1) is 5.92 Å². The van der Waals surface area contributed by atoms with Crippen LogP contribution in [0.15, 0.2) is 35.3 Å². The van der Waals surface area contributed by atoms with E-state index >= 15 is 0 Å². The van der Waals surface area contributed by atoms with Gasteiger partial charge in [0.15, 0.2) is 5.96 Å². The van der Waals surface area contributed by atoms with Gasteiger partial charge < -0.3 is 15.4 Å². The fourth-order valence-corrected chi connectivity index (χ4v) is 2.49. The molecule has 0 saturated heterocycles. The average Bonchev–Trinajstić information content (AvgIpc) is 3.29. The second-order valence-electron chi connectivity index (χ2n) is 6.33. The maximum absolute atomic E-state index is 5.58. The number of hydrogen-bond donors (Lipinski definition) is 2. The van der Waals surface area contributed by atoms with Crippen molar-refractivity contribution < 1.29 is 4.74 Å². The second-order valence-corrected chi connectivity index (χ2v) is 6.33. The molecular weight excluding hydrogens is 274 g/mol. The zero-order valence-corrected chi connectivity index (χ0v) is 14.0. The van der Waals surface area contributed by atoms with E-state index in [9.17, 15) is 0 Å². The van der Waals surface area contributed by atoms with E-state index in [0.717, 1.165) is 32.1 Å². The Morgan fingerprint density at radius 3 is 2.77 bits per heavy atom. The van der Waals surface area contributed by atoms with Gasteiger partial charge in [-0.15, -0.1) is 0 Å². The molecule has 0 spiro atoms. The first kappa shape index (κ1) is 16.8. The monoisotopic (exact) mass is 303 g/mol. The molecule has 2 N–H and O–H groups in total. The van der Waals surface area contributed by atoms with Gasteiger partial charge in [-0.05, 0) is 24.3 Å². The molecule has 122 valence electrons. The fraction of sp³-hybridized carbons (Fsp3) is 0.611. The number of hydrogen-bond acceptors (Lipinski definition) is 2. The van der Waals surface area contributed by atoms with Gasteiger partial charge in [0.2, 0.25) is 0 Å². The number of rotatable bonds is 8. The number of guanidine groups is 1. The Morgan fingerprint density at radius 1 is 1.32 bits per heavy atom. The SMILES string of the molecule is CN=C(NCCCOCC(C)C)NC1CC1c1ccccc1. The quantitative estimate of drug-likeness (QED) is 0.441. The Balaban J connectivity index is 1.61. The minimum atomic E-state index is 0.505. The van der Waals surface area contributed by atoms with Crippen molar-refractivity contribution in [2.24, 2.45) is 10.9 Å². The molecule has 1 saturated carbocycles. The Labute approximate surface area is 134 Å². The number of aliphatic imine (C=N–C) groups is 1. The van der Waals surface area contributed by atoms with Crippen LogP contribution in [0.4, 0.5) is 0 Å². The van der Waals surface area contributed by atoms with E-state index in [0.29, 0.717) is 17.9 Å². The van der Waals surface area contributed by atoms with Gasteiger partial charge in [0.25, 0.3) is 0 Å². The van der Waals surface area contributed by atoms with E-state index in [2.05, 4.69) is 59.8 Å². The van der Waals surface area contributed by atoms with E-state index in [1.165, 1.54) is 12.0 Å². The summed E-state index contributed by atoms with van der Waals surface area (Å²) in [6.45, 7) is 6.87. The summed E-state index contributed by atoms with van der Waals surface area (Å²) in [7, 11) is 1.82. The van der Waals surface area contributed by atoms with Crippen LogP contribution in [0.2, 0.25) is 0 Å². The van der Waals surface area contributed by atoms with Crippen molar-refractivity contribution in [1.29, 1.82) is 0 Å². The lowest BCUT2D eigenvalue weighted by molar-refractivity contribution is 0.108. The van der Waals surface area contributed by atoms with Crippen LogP contribution in [-0.4, -0.2) is 38.8 Å². The fourth-order valence-electron chi connectivity index (χ4n) is 2.49. The Bertz CT molecular complexity index is 459. The zero-order valence-electron chi connectivity index (χ0n) is 14.0. The maximum Gasteiger partial charge on any atom is 0.191 e. The molecular formula is C18H29N3O. The predicted octanol–water partition coefficient (Wildman–Crippen LogP) is 2.77. The molecule has 2 atom stereocenters. The number of nitrogens with one attached hydrogen (secondary N) is 2. The highest BCUT2D eigenvalue weighted by Gasteiger charge is 2.38. The van der Waals surface area contributed by atoms with E-state index < -0.39 is 0 Å². The molecule has 1 aromatic rings. The number of nitrogens with zero attached hydrogens (tertiary/aromatic N) is 1. The standard InChI is InChI=1S/C18H29N3O/c1-14(2)13-22-11-7-10-20-18(19-3)21-17-12-16(17)15-8-5-4-6-9-15/h4-6,8-9,14,16-17H,7,10-13H2,1-3H3,(H2,19,20,21). The van der Waals surface area contributed by atoms with Crippen LogP contribution in [0.5, 0.6) is 0 Å². The highest BCUT2D eigenvalue weighted by atomic mass is 16.5. The van der Waals surface area contributed by atoms with E-state index in [1.807, 2.05) is 7.05 Å². The topological polar surface area (TPSA) is 45.7 Å². The highest BCUT2D eigenvalue weighted by molar-refractivity contribution is 5.80. The predicted molar refractivity (Wildman–Crippen MR) is 92.4 cm³/mol. The van der Waals surface area contributed by atoms with Crippen molar-refractivity contribution in [2.45, 2.75) is 38.6 Å². The normalized spacial score (nSPS) is 21.0. The molecule has 1 aromatic carbocycles. The third kappa shape index (κ3) is 5.68. The molecule has 0 aliphatic heterocycles. The average molecular weight is 303 g/mol. The molecule has 0 bridgehead atoms. The minimum Gasteiger partial charge on any atom is -0.381 e. The summed E-state index contributed by atoms with van der Waals surface area (Å²) >= 11 is 0. The van der Waals surface area contributed by atoms with Gasteiger partial charge in [-0.1, -0.05) is 44.2 Å². The highest BCUT2D eigenvalue weighted by Crippen LogP contribution is 2.40. The molecule has 0 radical (unpaired) electrons. The summed E-state index contributed by atoms with van der Waals surface area (Å²) in [5.41, 5.74) is 1.41. The lowest BCUT2D eigenvalue weighted by Crippen LogP contribution is -2.39. The smallest absolute Gasteiger partial charge is 0.191 e. The van der Waals surface area contributed by atoms with Gasteiger partial charge in [-0.3, -0.25) is 4.99 Å². The minimum absolute atomic E-state index is 0.505. The van der Waals surface area contributed by atoms with Crippen molar-refractivity contribution in [2.75, 3.05) is 26.8 Å². The maximum atomic E-state index is 5.58. The summed E-state index contributed by atoms with van der Waals surface area (Å²) in [5.74, 6) is 2.12. The van der Waals surface area contributed by atoms with Gasteiger partial charge in [-0.2, -0.15) is 0 Å². The van der Waals surface area contributed by atoms with Crippen molar-refractivity contribution in [1.82, 2.24) is 10.6 Å². The van der Waals surface area contributed by atoms with Crippen LogP contribution in [0.3, 0.4) is 0 Å². The van der Waals surface area contributed by atoms with Crippen LogP contribution < -0.4 is 10.6 Å². The first-order chi connectivity index (χ1) is 10.7. The molecule has 4 heteroatoms. The molecule has 1 fully saturated rings. The largest absolute Gasteiger partial charge is 0.381 e. The van der Waals surface area contributed by atoms with Gasteiger partial charge >= 0.3 is 0 Å². The summed E-state index contributed by atoms with van der Waals surface area (Å²) in [6, 6.07) is 11.2. The summed E-state index contributed by atoms with van der Waals surface area (Å²) in [4.78, 5) is 4.30. The Morgan fingerprint density at radius 2 is 2.09 bits per heavy atom. The molecule has 1 aliphatic carbocycles. The molecule has 1 aliphatic rings. The Hall–Kier alpha value is -1.55. The number of ether oxygens (including phenoxy) is 1. The van der Waals surface area contributed by atoms with Crippen LogP contribution in [-0.2, 0) is 4.74 Å². The zero-order chi connectivity index (χ0) is 15.8. The molecule has 0 aromatic heterocycles. The first-order valence-electron chi connectivity index (χ1n) is 8.30. The van der Waals surface area contributed by atoms with Crippen LogP contribution in [0.25, 0.3) is 0 Å². The molecule has 2 unspecified atom stereocenters. The lowest BCUT2D eigenvalue weighted by atomic mass is 10.1. The molecule has 4 nitrogen and oxygen atoms in total. The molecule has 0 amide bonds. The second kappa shape index (κ2) is 8.79.